The van der Waals surface area contributed by atoms with Crippen LogP contribution in [-0.2, 0) is 9.54 Å². The molecule has 23 heavy (non-hydrogen) atoms. The van der Waals surface area contributed by atoms with E-state index >= 15 is 0 Å². The molecule has 2 aliphatic carbocycles. The van der Waals surface area contributed by atoms with E-state index in [0.29, 0.717) is 12.0 Å². The van der Waals surface area contributed by atoms with Crippen LogP contribution in [-0.4, -0.2) is 11.7 Å². The van der Waals surface area contributed by atoms with Gasteiger partial charge >= 0.3 is 0 Å². The predicted molar refractivity (Wildman–Crippen MR) is 90.2 cm³/mol. The molecule has 0 aliphatic heterocycles. The number of rotatable bonds is 3. The van der Waals surface area contributed by atoms with E-state index in [4.69, 9.17) is 5.73 Å². The molecule has 1 saturated carbocycles. The smallest absolute Gasteiger partial charge is 0.233 e. The van der Waals surface area contributed by atoms with Crippen LogP contribution in [0.25, 0.3) is 0 Å². The maximum absolute atomic E-state index is 13.1. The highest BCUT2D eigenvalue weighted by atomic mass is 32.2. The third kappa shape index (κ3) is 1.73. The van der Waals surface area contributed by atoms with Crippen LogP contribution >= 0.6 is 11.8 Å². The molecule has 2 aromatic rings. The quantitative estimate of drug-likeness (QED) is 0.879. The number of amides is 1. The van der Waals surface area contributed by atoms with Crippen LogP contribution in [0.2, 0.25) is 0 Å². The summed E-state index contributed by atoms with van der Waals surface area (Å²) in [7, 11) is 0. The van der Waals surface area contributed by atoms with Crippen LogP contribution < -0.4 is 5.73 Å². The van der Waals surface area contributed by atoms with Crippen molar-refractivity contribution in [1.29, 1.82) is 0 Å². The van der Waals surface area contributed by atoms with Crippen LogP contribution in [0.15, 0.2) is 59.5 Å². The molecular formula is C19H17NO2S. The molecule has 1 fully saturated rings. The lowest BCUT2D eigenvalue weighted by Gasteiger charge is -2.37. The highest BCUT2D eigenvalue weighted by molar-refractivity contribution is 8.00. The Kier molecular flexibility index (Phi) is 3.13. The Morgan fingerprint density at radius 2 is 1.70 bits per heavy atom. The number of carbonyl (C=O) groups is 2. The first-order valence-corrected chi connectivity index (χ1v) is 8.62. The Balaban J connectivity index is 1.96. The van der Waals surface area contributed by atoms with Crippen LogP contribution in [0.1, 0.15) is 35.2 Å². The molecule has 4 rings (SSSR count). The summed E-state index contributed by atoms with van der Waals surface area (Å²) in [6, 6.07) is 17.6. The SMILES string of the molecule is NC(=O)C12CCCC1(Sc1ccccc1)c1ccccc1C2=O. The number of thioether (sulfide) groups is 1. The fourth-order valence-corrected chi connectivity index (χ4v) is 5.96. The lowest BCUT2D eigenvalue weighted by atomic mass is 9.76. The number of benzene rings is 2. The number of ketones is 1. The Bertz CT molecular complexity index is 804. The highest BCUT2D eigenvalue weighted by Gasteiger charge is 2.69. The molecule has 1 amide bonds. The summed E-state index contributed by atoms with van der Waals surface area (Å²) >= 11 is 1.62. The zero-order chi connectivity index (χ0) is 16.1. The maximum atomic E-state index is 13.1. The summed E-state index contributed by atoms with van der Waals surface area (Å²) in [6.07, 6.45) is 2.16. The van der Waals surface area contributed by atoms with E-state index in [0.717, 1.165) is 23.3 Å². The van der Waals surface area contributed by atoms with Crippen LogP contribution in [0.5, 0.6) is 0 Å². The number of Topliss-reactive ketones (excluding diaryl/α,β-unsaturated/α-hetero) is 1. The first-order valence-electron chi connectivity index (χ1n) is 7.80. The first kappa shape index (κ1) is 14.5. The van der Waals surface area contributed by atoms with Crippen molar-refractivity contribution in [2.24, 2.45) is 11.1 Å². The van der Waals surface area contributed by atoms with Crippen molar-refractivity contribution in [3.05, 3.63) is 65.7 Å². The summed E-state index contributed by atoms with van der Waals surface area (Å²) in [4.78, 5) is 26.7. The molecule has 116 valence electrons. The third-order valence-electron chi connectivity index (χ3n) is 5.22. The van der Waals surface area contributed by atoms with E-state index in [1.165, 1.54) is 0 Å². The van der Waals surface area contributed by atoms with Gasteiger partial charge in [-0.3, -0.25) is 9.59 Å². The van der Waals surface area contributed by atoms with Gasteiger partial charge in [0.25, 0.3) is 0 Å². The molecule has 3 nitrogen and oxygen atoms in total. The zero-order valence-electron chi connectivity index (χ0n) is 12.6. The molecule has 2 N–H and O–H groups in total. The Morgan fingerprint density at radius 1 is 1.00 bits per heavy atom. The van der Waals surface area contributed by atoms with Crippen LogP contribution in [0.4, 0.5) is 0 Å². The summed E-state index contributed by atoms with van der Waals surface area (Å²) < 4.78 is -0.576. The van der Waals surface area contributed by atoms with Gasteiger partial charge in [-0.2, -0.15) is 0 Å². The standard InChI is InChI=1S/C19H17NO2S/c20-17(22)18-11-6-12-19(18,23-13-7-2-1-3-8-13)15-10-5-4-9-14(15)16(18)21/h1-5,7-10H,6,11-12H2,(H2,20,22). The van der Waals surface area contributed by atoms with Gasteiger partial charge < -0.3 is 5.73 Å². The van der Waals surface area contributed by atoms with Crippen molar-refractivity contribution in [2.45, 2.75) is 28.9 Å². The maximum Gasteiger partial charge on any atom is 0.233 e. The average Bonchev–Trinajstić information content (AvgIpc) is 3.04. The Hall–Kier alpha value is -2.07. The monoisotopic (exact) mass is 323 g/mol. The molecule has 2 atom stereocenters. The Labute approximate surface area is 139 Å². The van der Waals surface area contributed by atoms with Gasteiger partial charge in [0.15, 0.2) is 5.78 Å². The lowest BCUT2D eigenvalue weighted by Crippen LogP contribution is -2.49. The molecule has 4 heteroatoms. The van der Waals surface area contributed by atoms with Gasteiger partial charge in [0.2, 0.25) is 5.91 Å². The van der Waals surface area contributed by atoms with Crippen molar-refractivity contribution in [1.82, 2.24) is 0 Å². The van der Waals surface area contributed by atoms with Gasteiger partial charge in [0.05, 0.1) is 4.75 Å². The van der Waals surface area contributed by atoms with E-state index in [2.05, 4.69) is 0 Å². The van der Waals surface area contributed by atoms with Crippen molar-refractivity contribution in [3.8, 4) is 0 Å². The molecule has 2 aromatic carbocycles. The fourth-order valence-electron chi connectivity index (χ4n) is 4.26. The minimum absolute atomic E-state index is 0.0958. The topological polar surface area (TPSA) is 60.2 Å². The molecule has 0 heterocycles. The fraction of sp³-hybridized carbons (Fsp3) is 0.263. The normalized spacial score (nSPS) is 28.4. The third-order valence-corrected chi connectivity index (χ3v) is 6.85. The van der Waals surface area contributed by atoms with E-state index in [1.54, 1.807) is 11.8 Å². The molecule has 0 spiro atoms. The molecule has 2 unspecified atom stereocenters. The van der Waals surface area contributed by atoms with Gasteiger partial charge in [-0.05, 0) is 30.5 Å². The number of hydrogen-bond acceptors (Lipinski definition) is 3. The van der Waals surface area contributed by atoms with E-state index in [9.17, 15) is 9.59 Å². The summed E-state index contributed by atoms with van der Waals surface area (Å²) in [5.74, 6) is -0.582. The van der Waals surface area contributed by atoms with Gasteiger partial charge in [-0.25, -0.2) is 0 Å². The second-order valence-electron chi connectivity index (χ2n) is 6.24. The zero-order valence-corrected chi connectivity index (χ0v) is 13.4. The summed E-state index contributed by atoms with van der Waals surface area (Å²) in [6.45, 7) is 0. The molecule has 2 aliphatic rings. The lowest BCUT2D eigenvalue weighted by molar-refractivity contribution is -0.125. The number of hydrogen-bond donors (Lipinski definition) is 1. The minimum Gasteiger partial charge on any atom is -0.369 e. The van der Waals surface area contributed by atoms with E-state index < -0.39 is 16.1 Å². The summed E-state index contributed by atoms with van der Waals surface area (Å²) in [5.41, 5.74) is 6.32. The second-order valence-corrected chi connectivity index (χ2v) is 7.61. The van der Waals surface area contributed by atoms with Crippen LogP contribution in [0.3, 0.4) is 0 Å². The average molecular weight is 323 g/mol. The summed E-state index contributed by atoms with van der Waals surface area (Å²) in [5, 5.41) is 0. The van der Waals surface area contributed by atoms with Gasteiger partial charge in [-0.1, -0.05) is 48.9 Å². The van der Waals surface area contributed by atoms with E-state index in [1.807, 2.05) is 54.6 Å². The first-order chi connectivity index (χ1) is 11.1. The van der Waals surface area contributed by atoms with Crippen molar-refractivity contribution in [2.75, 3.05) is 0 Å². The predicted octanol–water partition coefficient (Wildman–Crippen LogP) is 3.53. The number of carbonyl (C=O) groups excluding carboxylic acids is 2. The van der Waals surface area contributed by atoms with Gasteiger partial charge in [-0.15, -0.1) is 11.8 Å². The molecular weight excluding hydrogens is 306 g/mol. The number of primary amides is 1. The molecule has 0 saturated heterocycles. The molecule has 0 aromatic heterocycles. The second kappa shape index (κ2) is 4.96. The Morgan fingerprint density at radius 3 is 2.43 bits per heavy atom. The minimum atomic E-state index is -1.11. The molecule has 0 radical (unpaired) electrons. The highest BCUT2D eigenvalue weighted by Crippen LogP contribution is 2.67. The van der Waals surface area contributed by atoms with Crippen molar-refractivity contribution in [3.63, 3.8) is 0 Å². The van der Waals surface area contributed by atoms with Gasteiger partial charge in [0, 0.05) is 10.5 Å². The largest absolute Gasteiger partial charge is 0.369 e. The van der Waals surface area contributed by atoms with E-state index in [-0.39, 0.29) is 5.78 Å². The number of fused-ring (bicyclic) bond motifs is 3. The van der Waals surface area contributed by atoms with Crippen molar-refractivity contribution >= 4 is 23.5 Å². The molecule has 0 bridgehead atoms. The number of nitrogens with two attached hydrogens (primary N) is 1. The van der Waals surface area contributed by atoms with Crippen LogP contribution in [0, 0.1) is 5.41 Å². The van der Waals surface area contributed by atoms with Gasteiger partial charge in [0.1, 0.15) is 5.41 Å². The van der Waals surface area contributed by atoms with Crippen molar-refractivity contribution < 1.29 is 9.59 Å².